The van der Waals surface area contributed by atoms with Crippen molar-refractivity contribution in [2.75, 3.05) is 69.2 Å². The first-order valence-corrected chi connectivity index (χ1v) is 48.2. The summed E-state index contributed by atoms with van der Waals surface area (Å²) in [5, 5.41) is 35.8. The number of thiocarbonyl (C=S) groups is 3. The number of aromatic carboxylic acids is 1. The zero-order valence-electron chi connectivity index (χ0n) is 72.9. The van der Waals surface area contributed by atoms with Gasteiger partial charge in [-0.25, -0.2) is 14.4 Å². The van der Waals surface area contributed by atoms with Gasteiger partial charge in [0.1, 0.15) is 42.4 Å². The number of anilines is 3. The van der Waals surface area contributed by atoms with Crippen LogP contribution in [0.5, 0.6) is 34.5 Å². The molecule has 0 aromatic heterocycles. The minimum absolute atomic E-state index is 0.0273. The van der Waals surface area contributed by atoms with Crippen LogP contribution in [0.4, 0.5) is 26.7 Å². The van der Waals surface area contributed by atoms with Gasteiger partial charge in [0.2, 0.25) is 30.3 Å². The number of hydrogen-bond acceptors (Lipinski definition) is 30. The molecule has 10 amide bonds. The van der Waals surface area contributed by atoms with Gasteiger partial charge in [0.05, 0.1) is 54.5 Å². The molecular formula is C94H76BrClN8O25S9. The molecular weight excluding hydrogens is 2050 g/mol. The number of para-hydroxylation sites is 1. The van der Waals surface area contributed by atoms with Crippen molar-refractivity contribution in [1.29, 1.82) is 0 Å². The van der Waals surface area contributed by atoms with E-state index in [-0.39, 0.29) is 108 Å². The van der Waals surface area contributed by atoms with Crippen LogP contribution in [0, 0.1) is 20.8 Å². The number of rotatable bonds is 27. The Labute approximate surface area is 838 Å². The third kappa shape index (κ3) is 29.2. The number of benzene rings is 9. The molecule has 15 rings (SSSR count). The van der Waals surface area contributed by atoms with E-state index in [0.717, 1.165) is 72.9 Å². The van der Waals surface area contributed by atoms with Gasteiger partial charge in [0.15, 0.2) is 36.2 Å². The highest BCUT2D eigenvalue weighted by Gasteiger charge is 2.40. The van der Waals surface area contributed by atoms with Gasteiger partial charge in [0, 0.05) is 40.4 Å². The predicted molar refractivity (Wildman–Crippen MR) is 542 cm³/mol. The summed E-state index contributed by atoms with van der Waals surface area (Å²) >= 11 is 29.9. The summed E-state index contributed by atoms with van der Waals surface area (Å²) in [4.78, 5) is 173. The number of amides is 10. The Balaban J connectivity index is 0.000000166. The van der Waals surface area contributed by atoms with Crippen LogP contribution < -0.4 is 49.1 Å². The van der Waals surface area contributed by atoms with Gasteiger partial charge in [-0.3, -0.25) is 72.3 Å². The van der Waals surface area contributed by atoms with Gasteiger partial charge in [0.25, 0.3) is 40.0 Å². The van der Waals surface area contributed by atoms with Crippen molar-refractivity contribution < 1.29 is 119 Å². The molecule has 9 aromatic carbocycles. The van der Waals surface area contributed by atoms with Crippen LogP contribution >= 0.6 is 123 Å². The molecule has 138 heavy (non-hydrogen) atoms. The summed E-state index contributed by atoms with van der Waals surface area (Å²) in [6.45, 7) is 7.80. The number of Topliss-reactive ketones (excluding diaryl/α,β-unsaturated/α-hetero) is 1. The molecule has 710 valence electrons. The van der Waals surface area contributed by atoms with E-state index < -0.39 is 75.3 Å². The standard InChI is InChI=1S/C21H16BrNO6S.C20H16N2O5S.C20H16N2O4S2.C19H15ClN2O6S3.C14H13NO4S2/c1-12-2-4-13(5-3-12)16(24)10-23-20(27)18(30-21(23)28)9-14-8-15(22)6-7-17(14)29-11-19(25)26;1-12-2-5-14(6-3-12)21-18(23)10-22-19(24)17(28-20(22)25)9-13-4-7-15-16(8-13)27-11-26-15;1-12-6-8-13(9-7-12)10-16-18(24)22(20(27)28-16)11-17(23)21-15-5-3-2-4-14(15)19(25)26;1-10(23)21-12-3-5-13(6-4-12)31(25,26)28-17-14(20)7-11(8-15(17)27-2)9-16-18(24)22-19(29)30-16;1-2-15-13(18)11(21-14(15)20)7-9-4-3-5-10(6-9)19-8-12(16)17/h2-9H,10-11H2,1H3,(H,25,26);2-9H,10-11H2,1H3,(H,21,23);2-10H,11H2,1H3,(H,21,23)(H,25,26);3-9H,1-2H3,(H,21,23)(H,22,24,29);3-7H,2,8H2,1H3,(H,16,17)/b18-9-;17-9-;16-10-;16-9-;11-7-. The maximum atomic E-state index is 12.7. The molecule has 0 unspecified atom stereocenters. The molecule has 0 radical (unpaired) electrons. The lowest BCUT2D eigenvalue weighted by Gasteiger charge is -2.15. The van der Waals surface area contributed by atoms with Gasteiger partial charge in [-0.2, -0.15) is 8.42 Å². The molecule has 6 aliphatic heterocycles. The van der Waals surface area contributed by atoms with E-state index in [1.165, 1.54) is 90.2 Å². The van der Waals surface area contributed by atoms with Gasteiger partial charge >= 0.3 is 28.0 Å². The van der Waals surface area contributed by atoms with Gasteiger partial charge in [-0.15, -0.1) is 0 Å². The van der Waals surface area contributed by atoms with Crippen molar-refractivity contribution >= 4 is 275 Å². The molecule has 6 heterocycles. The number of nitrogens with one attached hydrogen (secondary N) is 4. The number of methoxy groups -OCH3 is 1. The van der Waals surface area contributed by atoms with E-state index in [1.807, 2.05) is 70.2 Å². The molecule has 5 fully saturated rings. The number of carbonyl (C=O) groups excluding carboxylic acids is 11. The number of thioether (sulfide) groups is 5. The lowest BCUT2D eigenvalue weighted by molar-refractivity contribution is -0.140. The number of ether oxygens (including phenoxy) is 5. The number of halogens is 2. The average molecular weight is 2120 g/mol. The third-order valence-electron chi connectivity index (χ3n) is 18.9. The van der Waals surface area contributed by atoms with Crippen LogP contribution in [0.25, 0.3) is 30.4 Å². The molecule has 7 N–H and O–H groups in total. The minimum atomic E-state index is -4.24. The Bertz CT molecular complexity index is 6740. The second-order valence-electron chi connectivity index (χ2n) is 29.1. The SMILES string of the molecule is CCN1C(=O)/C(=C/c2cccc(OCC(=O)O)c2)SC1=S.COc1cc(/C=C2\SC(=S)NC2=O)cc(Cl)c1OS(=O)(=O)c1ccc(NC(C)=O)cc1.Cc1ccc(/C=C2\SC(=S)N(CC(=O)Nc3ccccc3C(=O)O)C2=O)cc1.Cc1ccc(C(=O)CN2C(=O)S/C(=C\c3cc(Br)ccc3OCC(=O)O)C2=O)cc1.Cc1ccc(NC(=O)CN2C(=O)S/C(=C\c3ccc4c(c3)OCO4)C2=O)cc1. The van der Waals surface area contributed by atoms with Crippen molar-refractivity contribution in [3.8, 4) is 34.5 Å². The molecule has 33 nitrogen and oxygen atoms in total. The Kier molecular flexibility index (Phi) is 36.8. The number of likely N-dealkylation sites (N-methyl/N-ethyl adjacent to an activating group) is 1. The molecule has 9 aromatic rings. The topological polar surface area (TPSA) is 450 Å². The Morgan fingerprint density at radius 3 is 1.64 bits per heavy atom. The monoisotopic (exact) mass is 2120 g/mol. The number of carbonyl (C=O) groups is 14. The first-order chi connectivity index (χ1) is 65.7. The fourth-order valence-corrected chi connectivity index (χ4v) is 19.3. The number of carboxylic acid groups (broad SMARTS) is 3. The second-order valence-corrected chi connectivity index (χ2v) is 39.0. The van der Waals surface area contributed by atoms with Crippen molar-refractivity contribution in [1.82, 2.24) is 24.9 Å². The van der Waals surface area contributed by atoms with Crippen molar-refractivity contribution in [3.63, 3.8) is 0 Å². The summed E-state index contributed by atoms with van der Waals surface area (Å²) in [6, 6.07) is 53.3. The number of nitrogens with zero attached hydrogens (tertiary/aromatic N) is 4. The highest BCUT2D eigenvalue weighted by Crippen LogP contribution is 2.43. The van der Waals surface area contributed by atoms with Crippen molar-refractivity contribution in [2.24, 2.45) is 0 Å². The van der Waals surface area contributed by atoms with Crippen LogP contribution in [0.15, 0.2) is 228 Å². The predicted octanol–water partition coefficient (Wildman–Crippen LogP) is 17.0. The number of hydrogen-bond donors (Lipinski definition) is 7. The zero-order chi connectivity index (χ0) is 99.9. The maximum Gasteiger partial charge on any atom is 0.341 e. The fourth-order valence-electron chi connectivity index (χ4n) is 12.3. The van der Waals surface area contributed by atoms with E-state index in [1.54, 1.807) is 127 Å². The summed E-state index contributed by atoms with van der Waals surface area (Å²) < 4.78 is 58.6. The van der Waals surface area contributed by atoms with Crippen LogP contribution in [0.3, 0.4) is 0 Å². The van der Waals surface area contributed by atoms with Crippen molar-refractivity contribution in [3.05, 3.63) is 284 Å². The Morgan fingerprint density at radius 2 is 1.04 bits per heavy atom. The normalized spacial score (nSPS) is 15.6. The molecule has 0 saturated carbocycles. The number of aliphatic carboxylic acids is 2. The molecule has 0 bridgehead atoms. The van der Waals surface area contributed by atoms with Gasteiger partial charge < -0.3 is 64.5 Å². The third-order valence-corrected chi connectivity index (χ3v) is 26.6. The summed E-state index contributed by atoms with van der Waals surface area (Å²) in [6.07, 6.45) is 8.06. The van der Waals surface area contributed by atoms with Crippen LogP contribution in [0.2, 0.25) is 5.02 Å². The van der Waals surface area contributed by atoms with Crippen LogP contribution in [-0.2, 0) is 58.1 Å². The number of carboxylic acids is 3. The van der Waals surface area contributed by atoms with E-state index in [0.29, 0.717) is 97.0 Å². The molecule has 0 spiro atoms. The van der Waals surface area contributed by atoms with Crippen molar-refractivity contribution in [2.45, 2.75) is 39.5 Å². The quantitative estimate of drug-likeness (QED) is 0.0109. The van der Waals surface area contributed by atoms with Crippen LogP contribution in [0.1, 0.15) is 79.1 Å². The second kappa shape index (κ2) is 48.4. The molecule has 5 saturated heterocycles. The summed E-state index contributed by atoms with van der Waals surface area (Å²) in [5.41, 5.74) is 8.04. The molecule has 6 aliphatic rings. The van der Waals surface area contributed by atoms with Gasteiger partial charge in [-0.1, -0.05) is 207 Å². The van der Waals surface area contributed by atoms with Crippen LogP contribution in [-0.4, -0.2) is 191 Å². The fraction of sp³-hybridized carbons (Fsp3) is 0.138. The number of fused-ring (bicyclic) bond motifs is 1. The number of imide groups is 2. The van der Waals surface area contributed by atoms with E-state index >= 15 is 0 Å². The van der Waals surface area contributed by atoms with E-state index in [2.05, 4.69) is 37.2 Å². The largest absolute Gasteiger partial charge is 0.493 e. The lowest BCUT2D eigenvalue weighted by Crippen LogP contribution is -2.36. The first kappa shape index (κ1) is 105. The summed E-state index contributed by atoms with van der Waals surface area (Å²) in [7, 11) is -2.91. The first-order valence-electron chi connectivity index (χ1n) is 40.3. The van der Waals surface area contributed by atoms with E-state index in [4.69, 9.17) is 86.3 Å². The number of aryl methyl sites for hydroxylation is 3. The highest BCUT2D eigenvalue weighted by atomic mass is 79.9. The zero-order valence-corrected chi connectivity index (χ0v) is 82.5. The molecule has 44 heteroatoms. The molecule has 0 atom stereocenters. The van der Waals surface area contributed by atoms with E-state index in [9.17, 15) is 80.6 Å². The lowest BCUT2D eigenvalue weighted by atomic mass is 10.1. The highest BCUT2D eigenvalue weighted by molar-refractivity contribution is 9.10. The molecule has 0 aliphatic carbocycles. The number of ketones is 1. The average Bonchev–Trinajstić information content (AvgIpc) is 0.900. The Morgan fingerprint density at radius 1 is 0.522 bits per heavy atom. The van der Waals surface area contributed by atoms with Gasteiger partial charge in [-0.05, 0) is 207 Å². The minimum Gasteiger partial charge on any atom is -0.493 e. The smallest absolute Gasteiger partial charge is 0.341 e. The summed E-state index contributed by atoms with van der Waals surface area (Å²) in [5.74, 6) is -5.01. The Hall–Kier alpha value is -13.6. The maximum absolute atomic E-state index is 12.7.